The number of carboxylic acid groups (broad SMARTS) is 1. The van der Waals surface area contributed by atoms with Gasteiger partial charge in [0.2, 0.25) is 0 Å². The average molecular weight is 321 g/mol. The van der Waals surface area contributed by atoms with Crippen molar-refractivity contribution in [2.75, 3.05) is 19.0 Å². The van der Waals surface area contributed by atoms with E-state index in [1.54, 1.807) is 13.2 Å². The first-order valence-corrected chi connectivity index (χ1v) is 7.51. The van der Waals surface area contributed by atoms with E-state index in [1.165, 1.54) is 17.7 Å². The normalized spacial score (nSPS) is 9.88. The first-order valence-electron chi connectivity index (χ1n) is 7.51. The molecule has 0 bridgehead atoms. The fraction of sp³-hybridized carbons (Fsp3) is 0.278. The van der Waals surface area contributed by atoms with E-state index in [4.69, 9.17) is 4.74 Å². The molecule has 5 nitrogen and oxygen atoms in total. The predicted octanol–water partition coefficient (Wildman–Crippen LogP) is -0.797. The van der Waals surface area contributed by atoms with Crippen molar-refractivity contribution < 1.29 is 38.6 Å². The van der Waals surface area contributed by atoms with E-state index < -0.39 is 5.97 Å². The van der Waals surface area contributed by atoms with Gasteiger partial charge in [-0.15, -0.1) is 0 Å². The fourth-order valence-electron chi connectivity index (χ4n) is 2.29. The first kappa shape index (κ1) is 20.0. The molecule has 122 valence electrons. The molecule has 24 heavy (non-hydrogen) atoms. The summed E-state index contributed by atoms with van der Waals surface area (Å²) in [6.45, 7) is 0.730. The van der Waals surface area contributed by atoms with Gasteiger partial charge in [0.05, 0.1) is 13.1 Å². The number of aromatic hydroxyl groups is 1. The van der Waals surface area contributed by atoms with Gasteiger partial charge in [0.1, 0.15) is 11.5 Å². The molecule has 0 aliphatic carbocycles. The van der Waals surface area contributed by atoms with Crippen LogP contribution < -0.4 is 34.0 Å². The van der Waals surface area contributed by atoms with Crippen LogP contribution in [-0.4, -0.2) is 24.7 Å². The number of hydrogen-bond donors (Lipinski definition) is 2. The summed E-state index contributed by atoms with van der Waals surface area (Å²) in [7, 11) is 1.65. The quantitative estimate of drug-likeness (QED) is 0.378. The van der Waals surface area contributed by atoms with Gasteiger partial charge in [-0.3, -0.25) is 0 Å². The Balaban J connectivity index is 0.00000288. The summed E-state index contributed by atoms with van der Waals surface area (Å²) in [6.07, 6.45) is 2.95. The summed E-state index contributed by atoms with van der Waals surface area (Å²) in [5.41, 5.74) is 1.72. The molecular weight excluding hydrogens is 301 g/mol. The van der Waals surface area contributed by atoms with Crippen molar-refractivity contribution in [3.05, 3.63) is 53.6 Å². The standard InChI is InChI=1S/C18H21NO4.Li/c1-23-15-8-5-13(6-9-15)4-2-3-11-19-14-7-10-17(20)16(12-14)18(21)22;/h5-10,12,19-20H,2-4,11H2,1H3,(H,21,22);/q;+1/p-1. The zero-order valence-corrected chi connectivity index (χ0v) is 14.0. The molecule has 0 saturated heterocycles. The van der Waals surface area contributed by atoms with E-state index >= 15 is 0 Å². The maximum Gasteiger partial charge on any atom is 1.00 e. The number of phenols is 1. The van der Waals surface area contributed by atoms with Gasteiger partial charge in [-0.2, -0.15) is 0 Å². The second-order valence-electron chi connectivity index (χ2n) is 5.25. The molecule has 0 amide bonds. The maximum absolute atomic E-state index is 10.8. The van der Waals surface area contributed by atoms with Crippen LogP contribution in [0.5, 0.6) is 11.5 Å². The Morgan fingerprint density at radius 1 is 1.17 bits per heavy atom. The minimum absolute atomic E-state index is 0. The van der Waals surface area contributed by atoms with Crippen LogP contribution in [0.15, 0.2) is 42.5 Å². The molecule has 0 radical (unpaired) electrons. The van der Waals surface area contributed by atoms with Crippen molar-refractivity contribution >= 4 is 11.7 Å². The van der Waals surface area contributed by atoms with Gasteiger partial charge in [0, 0.05) is 17.8 Å². The van der Waals surface area contributed by atoms with Gasteiger partial charge >= 0.3 is 18.9 Å². The third kappa shape index (κ3) is 5.84. The van der Waals surface area contributed by atoms with Crippen LogP contribution in [0.4, 0.5) is 5.69 Å². The third-order valence-corrected chi connectivity index (χ3v) is 3.60. The zero-order chi connectivity index (χ0) is 16.7. The van der Waals surface area contributed by atoms with Crippen LogP contribution in [0.3, 0.4) is 0 Å². The molecule has 0 aliphatic rings. The van der Waals surface area contributed by atoms with E-state index in [2.05, 4.69) is 17.4 Å². The Labute approximate surface area is 153 Å². The number of hydrogen-bond acceptors (Lipinski definition) is 5. The van der Waals surface area contributed by atoms with Crippen molar-refractivity contribution in [1.82, 2.24) is 0 Å². The second kappa shape index (κ2) is 9.92. The summed E-state index contributed by atoms with van der Waals surface area (Å²) in [5.74, 6) is -0.813. The number of carbonyl (C=O) groups excluding carboxylic acids is 1. The molecule has 2 aromatic carbocycles. The van der Waals surface area contributed by atoms with E-state index in [1.807, 2.05) is 12.1 Å². The van der Waals surface area contributed by atoms with Crippen LogP contribution >= 0.6 is 0 Å². The van der Waals surface area contributed by atoms with Crippen LogP contribution in [0, 0.1) is 0 Å². The summed E-state index contributed by atoms with van der Waals surface area (Å²) in [4.78, 5) is 10.8. The van der Waals surface area contributed by atoms with Crippen molar-refractivity contribution in [2.45, 2.75) is 19.3 Å². The SMILES string of the molecule is COc1ccc(CCCCNc2ccc(O)c(C(=O)[O-])c2)cc1.[Li+]. The number of ether oxygens (including phenoxy) is 1. The zero-order valence-electron chi connectivity index (χ0n) is 14.0. The number of carboxylic acids is 1. The van der Waals surface area contributed by atoms with Crippen molar-refractivity contribution in [2.24, 2.45) is 0 Å². The Morgan fingerprint density at radius 3 is 2.50 bits per heavy atom. The van der Waals surface area contributed by atoms with Gasteiger partial charge in [-0.25, -0.2) is 0 Å². The minimum atomic E-state index is -1.38. The Morgan fingerprint density at radius 2 is 1.88 bits per heavy atom. The van der Waals surface area contributed by atoms with Gasteiger partial charge in [0.25, 0.3) is 0 Å². The first-order chi connectivity index (χ1) is 11.1. The summed E-state index contributed by atoms with van der Waals surface area (Å²) >= 11 is 0. The summed E-state index contributed by atoms with van der Waals surface area (Å²) in [5, 5.41) is 23.4. The van der Waals surface area contributed by atoms with Crippen LogP contribution in [0.25, 0.3) is 0 Å². The number of benzene rings is 2. The van der Waals surface area contributed by atoms with Crippen LogP contribution in [0.2, 0.25) is 0 Å². The molecule has 0 atom stereocenters. The fourth-order valence-corrected chi connectivity index (χ4v) is 2.29. The molecule has 2 rings (SSSR count). The molecule has 0 heterocycles. The van der Waals surface area contributed by atoms with E-state index in [0.29, 0.717) is 5.69 Å². The second-order valence-corrected chi connectivity index (χ2v) is 5.25. The summed E-state index contributed by atoms with van der Waals surface area (Å²) < 4.78 is 5.12. The number of aryl methyl sites for hydroxylation is 1. The van der Waals surface area contributed by atoms with Gasteiger partial charge < -0.3 is 25.1 Å². The third-order valence-electron chi connectivity index (χ3n) is 3.60. The molecule has 2 N–H and O–H groups in total. The molecule has 0 saturated carbocycles. The minimum Gasteiger partial charge on any atom is -0.545 e. The molecule has 0 aliphatic heterocycles. The smallest absolute Gasteiger partial charge is 0.545 e. The number of aromatic carboxylic acids is 1. The largest absolute Gasteiger partial charge is 1.00 e. The number of nitrogens with one attached hydrogen (secondary N) is 1. The molecule has 0 aromatic heterocycles. The Kier molecular flexibility index (Phi) is 8.24. The van der Waals surface area contributed by atoms with Crippen molar-refractivity contribution in [3.63, 3.8) is 0 Å². The maximum atomic E-state index is 10.8. The van der Waals surface area contributed by atoms with Crippen LogP contribution in [-0.2, 0) is 6.42 Å². The number of carbonyl (C=O) groups is 1. The van der Waals surface area contributed by atoms with E-state index in [0.717, 1.165) is 31.6 Å². The molecular formula is C18H20LiNO4. The predicted molar refractivity (Wildman–Crippen MR) is 86.9 cm³/mol. The number of unbranched alkanes of at least 4 members (excludes halogenated alkanes) is 1. The monoisotopic (exact) mass is 321 g/mol. The number of methoxy groups -OCH3 is 1. The van der Waals surface area contributed by atoms with Gasteiger partial charge in [0.15, 0.2) is 0 Å². The average Bonchev–Trinajstić information content (AvgIpc) is 2.56. The molecule has 6 heteroatoms. The topological polar surface area (TPSA) is 81.6 Å². The van der Waals surface area contributed by atoms with Gasteiger partial charge in [-0.1, -0.05) is 12.1 Å². The van der Waals surface area contributed by atoms with E-state index in [9.17, 15) is 15.0 Å². The number of rotatable bonds is 8. The van der Waals surface area contributed by atoms with E-state index in [-0.39, 0.29) is 30.2 Å². The van der Waals surface area contributed by atoms with Gasteiger partial charge in [-0.05, 0) is 55.2 Å². The number of anilines is 1. The Hall–Kier alpha value is -2.09. The summed E-state index contributed by atoms with van der Waals surface area (Å²) in [6, 6.07) is 12.4. The molecule has 0 spiro atoms. The molecule has 0 unspecified atom stereocenters. The van der Waals surface area contributed by atoms with Crippen molar-refractivity contribution in [3.8, 4) is 11.5 Å². The molecule has 2 aromatic rings. The Bertz CT molecular complexity index is 659. The van der Waals surface area contributed by atoms with Crippen molar-refractivity contribution in [1.29, 1.82) is 0 Å². The molecule has 0 fully saturated rings. The van der Waals surface area contributed by atoms with Crippen LogP contribution in [0.1, 0.15) is 28.8 Å².